The van der Waals surface area contributed by atoms with Crippen molar-refractivity contribution in [2.45, 2.75) is 64.8 Å². The molecule has 248 valence electrons. The van der Waals surface area contributed by atoms with Crippen LogP contribution in [0.15, 0.2) is 42.6 Å². The molecule has 14 heteroatoms. The van der Waals surface area contributed by atoms with E-state index in [1.165, 1.54) is 6.20 Å². The highest BCUT2D eigenvalue weighted by atomic mass is 35.5. The summed E-state index contributed by atoms with van der Waals surface area (Å²) in [7, 11) is 1.64. The minimum absolute atomic E-state index is 0.111. The molecule has 6 rings (SSSR count). The molecule has 1 N–H and O–H groups in total. The molecule has 0 spiro atoms. The topological polar surface area (TPSA) is 148 Å². The molecule has 1 aliphatic heterocycles. The van der Waals surface area contributed by atoms with Gasteiger partial charge in [0.2, 0.25) is 11.9 Å². The number of nitrogens with one attached hydrogen (secondary N) is 1. The number of benzene rings is 2. The first-order valence-electron chi connectivity index (χ1n) is 15.8. The molecule has 4 aromatic rings. The summed E-state index contributed by atoms with van der Waals surface area (Å²) in [5.74, 6) is 1.51. The van der Waals surface area contributed by atoms with E-state index >= 15 is 0 Å². The van der Waals surface area contributed by atoms with Crippen LogP contribution in [-0.2, 0) is 11.3 Å². The summed E-state index contributed by atoms with van der Waals surface area (Å²) >= 11 is 7.06. The third-order valence-corrected chi connectivity index (χ3v) is 8.64. The van der Waals surface area contributed by atoms with Crippen molar-refractivity contribution in [3.05, 3.63) is 64.3 Å². The number of amides is 1. The molecule has 13 nitrogen and oxygen atoms in total. The third-order valence-electron chi connectivity index (χ3n) is 8.25. The number of anilines is 4. The molecule has 1 saturated heterocycles. The summed E-state index contributed by atoms with van der Waals surface area (Å²) in [6, 6.07) is 15.8. The SMILES string of the molecule is COc1ccc(CN(c2nc(Nc3cc(C#N)cc(N4CCN(C(=O)OC(C)(C)C)C[C@H]4C)c3Cl)nc3c(C#N)cnn23)C2CC2)cc1. The zero-order valence-corrected chi connectivity index (χ0v) is 28.3. The summed E-state index contributed by atoms with van der Waals surface area (Å²) in [4.78, 5) is 28.3. The van der Waals surface area contributed by atoms with Crippen LogP contribution in [0.3, 0.4) is 0 Å². The minimum Gasteiger partial charge on any atom is -0.497 e. The number of hydrogen-bond acceptors (Lipinski definition) is 11. The number of carbonyl (C=O) groups excluding carboxylic acids is 1. The van der Waals surface area contributed by atoms with Gasteiger partial charge in [0.1, 0.15) is 23.0 Å². The van der Waals surface area contributed by atoms with Gasteiger partial charge in [0.05, 0.1) is 41.3 Å². The Labute approximate surface area is 284 Å². The molecule has 1 atom stereocenters. The second-order valence-corrected chi connectivity index (χ2v) is 13.4. The standard InChI is InChI=1S/C34H37ClN10O3/c1-21-19-42(33(46)48-34(2,3)4)12-13-43(21)28-15-23(16-36)14-27(29(28)35)39-31-40-30-24(17-37)18-38-45(30)32(41-31)44(25-8-9-25)20-22-6-10-26(47-5)11-7-22/h6-7,10-11,14-15,18,21,25H,8-9,12-13,19-20H2,1-5H3,(H,39,40)/t21-/m1/s1. The molecule has 0 radical (unpaired) electrons. The molecule has 2 aromatic carbocycles. The second-order valence-electron chi connectivity index (χ2n) is 13.0. The first-order chi connectivity index (χ1) is 23.0. The lowest BCUT2D eigenvalue weighted by molar-refractivity contribution is 0.0219. The van der Waals surface area contributed by atoms with E-state index in [4.69, 9.17) is 26.1 Å². The largest absolute Gasteiger partial charge is 0.497 e. The number of hydrogen-bond donors (Lipinski definition) is 1. The number of halogens is 1. The van der Waals surface area contributed by atoms with E-state index < -0.39 is 5.60 Å². The quantitative estimate of drug-likeness (QED) is 0.240. The van der Waals surface area contributed by atoms with Gasteiger partial charge in [-0.2, -0.15) is 30.1 Å². The van der Waals surface area contributed by atoms with Crippen molar-refractivity contribution in [1.29, 1.82) is 10.5 Å². The van der Waals surface area contributed by atoms with Gasteiger partial charge in [-0.1, -0.05) is 23.7 Å². The van der Waals surface area contributed by atoms with Gasteiger partial charge in [0.25, 0.3) is 0 Å². The van der Waals surface area contributed by atoms with Gasteiger partial charge in [-0.3, -0.25) is 0 Å². The Bertz CT molecular complexity index is 1920. The van der Waals surface area contributed by atoms with Gasteiger partial charge in [-0.15, -0.1) is 0 Å². The van der Waals surface area contributed by atoms with Gasteiger partial charge in [0.15, 0.2) is 5.65 Å². The fraction of sp³-hybridized carbons (Fsp3) is 0.412. The predicted octanol–water partition coefficient (Wildman–Crippen LogP) is 5.89. The van der Waals surface area contributed by atoms with Gasteiger partial charge in [-0.05, 0) is 70.4 Å². The molecular formula is C34H37ClN10O3. The normalized spacial score (nSPS) is 16.3. The Hall–Kier alpha value is -5.27. The number of piperazine rings is 1. The van der Waals surface area contributed by atoms with E-state index in [0.717, 1.165) is 24.2 Å². The van der Waals surface area contributed by atoms with Gasteiger partial charge < -0.3 is 29.5 Å². The fourth-order valence-electron chi connectivity index (χ4n) is 5.76. The lowest BCUT2D eigenvalue weighted by Gasteiger charge is -2.42. The average molecular weight is 669 g/mol. The van der Waals surface area contributed by atoms with Crippen molar-refractivity contribution < 1.29 is 14.3 Å². The molecule has 2 fully saturated rings. The first kappa shape index (κ1) is 32.7. The second kappa shape index (κ2) is 13.1. The van der Waals surface area contributed by atoms with E-state index in [0.29, 0.717) is 65.3 Å². The number of carbonyl (C=O) groups is 1. The van der Waals surface area contributed by atoms with Crippen molar-refractivity contribution in [3.8, 4) is 17.9 Å². The Balaban J connectivity index is 1.33. The van der Waals surface area contributed by atoms with Crippen molar-refractivity contribution in [2.75, 3.05) is 41.9 Å². The van der Waals surface area contributed by atoms with Crippen molar-refractivity contribution in [3.63, 3.8) is 0 Å². The van der Waals surface area contributed by atoms with Crippen LogP contribution in [0, 0.1) is 22.7 Å². The van der Waals surface area contributed by atoms with Crippen LogP contribution in [0.25, 0.3) is 5.65 Å². The van der Waals surface area contributed by atoms with E-state index in [1.807, 2.05) is 52.0 Å². The van der Waals surface area contributed by atoms with Crippen molar-refractivity contribution in [1.82, 2.24) is 24.5 Å². The summed E-state index contributed by atoms with van der Waals surface area (Å²) in [6.45, 7) is 9.44. The zero-order chi connectivity index (χ0) is 34.2. The number of nitrogens with zero attached hydrogens (tertiary/aromatic N) is 9. The summed E-state index contributed by atoms with van der Waals surface area (Å²) in [6.07, 6.45) is 3.11. The molecule has 1 aliphatic carbocycles. The Morgan fingerprint density at radius 2 is 1.88 bits per heavy atom. The van der Waals surface area contributed by atoms with Crippen LogP contribution >= 0.6 is 11.6 Å². The Kier molecular flexibility index (Phi) is 8.91. The number of fused-ring (bicyclic) bond motifs is 1. The van der Waals surface area contributed by atoms with Crippen LogP contribution in [0.1, 0.15) is 57.2 Å². The number of rotatable bonds is 8. The third kappa shape index (κ3) is 6.87. The number of aromatic nitrogens is 4. The molecule has 2 aliphatic rings. The molecule has 0 unspecified atom stereocenters. The highest BCUT2D eigenvalue weighted by Gasteiger charge is 2.34. The van der Waals surface area contributed by atoms with E-state index in [1.54, 1.807) is 28.7 Å². The highest BCUT2D eigenvalue weighted by molar-refractivity contribution is 6.36. The maximum atomic E-state index is 12.8. The summed E-state index contributed by atoms with van der Waals surface area (Å²) < 4.78 is 12.5. The molecule has 48 heavy (non-hydrogen) atoms. The lowest BCUT2D eigenvalue weighted by Crippen LogP contribution is -2.54. The maximum Gasteiger partial charge on any atom is 0.410 e. The van der Waals surface area contributed by atoms with E-state index in [9.17, 15) is 15.3 Å². The predicted molar refractivity (Wildman–Crippen MR) is 182 cm³/mol. The molecule has 3 heterocycles. The molecule has 1 amide bonds. The Morgan fingerprint density at radius 3 is 2.50 bits per heavy atom. The molecule has 2 aromatic heterocycles. The zero-order valence-electron chi connectivity index (χ0n) is 27.6. The average Bonchev–Trinajstić information content (AvgIpc) is 3.82. The molecule has 0 bridgehead atoms. The summed E-state index contributed by atoms with van der Waals surface area (Å²) in [5.41, 5.74) is 2.60. The monoisotopic (exact) mass is 668 g/mol. The lowest BCUT2D eigenvalue weighted by atomic mass is 10.1. The highest BCUT2D eigenvalue weighted by Crippen LogP contribution is 2.39. The van der Waals surface area contributed by atoms with Gasteiger partial charge in [-0.25, -0.2) is 4.79 Å². The number of nitriles is 2. The first-order valence-corrected chi connectivity index (χ1v) is 16.2. The van der Waals surface area contributed by atoms with E-state index in [2.05, 4.69) is 37.3 Å². The van der Waals surface area contributed by atoms with Crippen LogP contribution < -0.4 is 19.9 Å². The molecular weight excluding hydrogens is 632 g/mol. The van der Waals surface area contributed by atoms with Crippen molar-refractivity contribution >= 4 is 46.6 Å². The van der Waals surface area contributed by atoms with Crippen LogP contribution in [0.4, 0.5) is 28.1 Å². The smallest absolute Gasteiger partial charge is 0.410 e. The van der Waals surface area contributed by atoms with Crippen molar-refractivity contribution in [2.24, 2.45) is 0 Å². The molecule has 1 saturated carbocycles. The van der Waals surface area contributed by atoms with Gasteiger partial charge in [0, 0.05) is 38.3 Å². The van der Waals surface area contributed by atoms with Crippen LogP contribution in [0.5, 0.6) is 5.75 Å². The minimum atomic E-state index is -0.594. The van der Waals surface area contributed by atoms with E-state index in [-0.39, 0.29) is 24.1 Å². The number of methoxy groups -OCH3 is 1. The van der Waals surface area contributed by atoms with Crippen LogP contribution in [0.2, 0.25) is 5.02 Å². The van der Waals surface area contributed by atoms with Gasteiger partial charge >= 0.3 is 6.09 Å². The maximum absolute atomic E-state index is 12.8. The fourth-order valence-corrected chi connectivity index (χ4v) is 6.03. The Morgan fingerprint density at radius 1 is 1.12 bits per heavy atom. The van der Waals surface area contributed by atoms with Crippen LogP contribution in [-0.4, -0.2) is 75.0 Å². The number of ether oxygens (including phenoxy) is 2. The summed E-state index contributed by atoms with van der Waals surface area (Å²) in [5, 5.41) is 27.9.